The van der Waals surface area contributed by atoms with Crippen molar-refractivity contribution < 1.29 is 18.9 Å². The Kier molecular flexibility index (Phi) is 6.03. The van der Waals surface area contributed by atoms with Crippen LogP contribution in [-0.4, -0.2) is 23.7 Å². The molecule has 3 rings (SSSR count). The lowest BCUT2D eigenvalue weighted by Gasteiger charge is -2.03. The fourth-order valence-corrected chi connectivity index (χ4v) is 2.46. The number of nitro groups is 1. The van der Waals surface area contributed by atoms with E-state index in [9.17, 15) is 14.9 Å². The lowest BCUT2D eigenvalue weighted by atomic mass is 10.1. The minimum atomic E-state index is -0.516. The second kappa shape index (κ2) is 8.83. The molecule has 0 saturated carbocycles. The molecule has 0 spiro atoms. The highest BCUT2D eigenvalue weighted by atomic mass is 35.5. The Bertz CT molecular complexity index is 1020. The number of carbonyl (C=O) groups is 1. The second-order valence-electron chi connectivity index (χ2n) is 5.52. The van der Waals surface area contributed by atoms with Crippen molar-refractivity contribution in [1.82, 2.24) is 5.43 Å². The van der Waals surface area contributed by atoms with Gasteiger partial charge in [-0.05, 0) is 30.3 Å². The van der Waals surface area contributed by atoms with E-state index in [-0.39, 0.29) is 12.3 Å². The normalized spacial score (nSPS) is 10.8. The summed E-state index contributed by atoms with van der Waals surface area (Å²) in [6, 6.07) is 16.2. The van der Waals surface area contributed by atoms with Crippen molar-refractivity contribution in [3.05, 3.63) is 81.6 Å². The monoisotopic (exact) mass is 399 g/mol. The number of amides is 1. The fraction of sp³-hybridized carbons (Fsp3) is 0.0526. The topological polar surface area (TPSA) is 107 Å². The Morgan fingerprint density at radius 1 is 1.21 bits per heavy atom. The van der Waals surface area contributed by atoms with Crippen LogP contribution in [0.4, 0.5) is 5.69 Å². The Labute approximate surface area is 164 Å². The fourth-order valence-electron chi connectivity index (χ4n) is 2.25. The van der Waals surface area contributed by atoms with E-state index < -0.39 is 10.8 Å². The van der Waals surface area contributed by atoms with Gasteiger partial charge in [0.25, 0.3) is 11.6 Å². The van der Waals surface area contributed by atoms with Crippen LogP contribution in [0, 0.1) is 10.1 Å². The number of nitrogens with zero attached hydrogens (tertiary/aromatic N) is 2. The van der Waals surface area contributed by atoms with Gasteiger partial charge in [0.15, 0.2) is 6.61 Å². The smallest absolute Gasteiger partial charge is 0.277 e. The molecule has 0 saturated heterocycles. The molecule has 0 aliphatic rings. The summed E-state index contributed by atoms with van der Waals surface area (Å²) in [7, 11) is 0. The molecule has 3 aromatic rings. The molecule has 8 nitrogen and oxygen atoms in total. The van der Waals surface area contributed by atoms with Crippen LogP contribution in [0.15, 0.2) is 70.2 Å². The van der Waals surface area contributed by atoms with E-state index >= 15 is 0 Å². The molecule has 0 aliphatic carbocycles. The molecule has 0 aliphatic heterocycles. The summed E-state index contributed by atoms with van der Waals surface area (Å²) in [4.78, 5) is 22.1. The number of rotatable bonds is 7. The molecule has 0 atom stereocenters. The van der Waals surface area contributed by atoms with E-state index in [0.29, 0.717) is 27.9 Å². The summed E-state index contributed by atoms with van der Waals surface area (Å²) in [6.45, 7) is -0.186. The number of benzene rings is 2. The summed E-state index contributed by atoms with van der Waals surface area (Å²) >= 11 is 6.09. The molecular formula is C19H14ClN3O5. The molecule has 142 valence electrons. The van der Waals surface area contributed by atoms with Crippen LogP contribution >= 0.6 is 11.6 Å². The summed E-state index contributed by atoms with van der Waals surface area (Å²) in [5.74, 6) is 0.815. The zero-order chi connectivity index (χ0) is 19.9. The highest BCUT2D eigenvalue weighted by Crippen LogP contribution is 2.32. The largest absolute Gasteiger partial charge is 0.484 e. The van der Waals surface area contributed by atoms with Crippen LogP contribution in [0.5, 0.6) is 5.75 Å². The zero-order valence-corrected chi connectivity index (χ0v) is 15.1. The molecule has 1 aromatic heterocycles. The molecule has 28 heavy (non-hydrogen) atoms. The molecular weight excluding hydrogens is 386 g/mol. The minimum Gasteiger partial charge on any atom is -0.484 e. The van der Waals surface area contributed by atoms with Gasteiger partial charge in [0.1, 0.15) is 17.3 Å². The second-order valence-corrected chi connectivity index (χ2v) is 5.93. The van der Waals surface area contributed by atoms with Gasteiger partial charge >= 0.3 is 0 Å². The minimum absolute atomic E-state index is 0.100. The number of hydrazone groups is 1. The quantitative estimate of drug-likeness (QED) is 0.366. The van der Waals surface area contributed by atoms with Crippen molar-refractivity contribution in [3.63, 3.8) is 0 Å². The van der Waals surface area contributed by atoms with Gasteiger partial charge in [-0.25, -0.2) is 5.43 Å². The molecule has 0 fully saturated rings. The van der Waals surface area contributed by atoms with E-state index in [1.54, 1.807) is 36.4 Å². The zero-order valence-electron chi connectivity index (χ0n) is 14.4. The van der Waals surface area contributed by atoms with Gasteiger partial charge in [0.2, 0.25) is 0 Å². The number of para-hydroxylation sites is 1. The average molecular weight is 400 g/mol. The Morgan fingerprint density at radius 2 is 2.00 bits per heavy atom. The molecule has 2 aromatic carbocycles. The number of hydrogen-bond donors (Lipinski definition) is 1. The summed E-state index contributed by atoms with van der Waals surface area (Å²) in [5.41, 5.74) is 2.60. The number of nitrogens with one attached hydrogen (secondary N) is 1. The first kappa shape index (κ1) is 19.1. The SMILES string of the molecule is O=C(COc1ccccc1)NN=Cc1ccc(-c2cc([N+](=O)[O-])ccc2Cl)o1. The van der Waals surface area contributed by atoms with E-state index in [1.165, 1.54) is 24.4 Å². The van der Waals surface area contributed by atoms with Crippen LogP contribution < -0.4 is 10.2 Å². The first-order chi connectivity index (χ1) is 13.5. The van der Waals surface area contributed by atoms with Gasteiger partial charge in [-0.2, -0.15) is 5.10 Å². The van der Waals surface area contributed by atoms with Crippen LogP contribution in [0.2, 0.25) is 5.02 Å². The number of hydrogen-bond acceptors (Lipinski definition) is 6. The molecule has 0 radical (unpaired) electrons. The third-order valence-corrected chi connectivity index (χ3v) is 3.88. The lowest BCUT2D eigenvalue weighted by Crippen LogP contribution is -2.24. The molecule has 1 heterocycles. The molecule has 0 unspecified atom stereocenters. The van der Waals surface area contributed by atoms with Gasteiger partial charge in [-0.1, -0.05) is 29.8 Å². The first-order valence-corrected chi connectivity index (χ1v) is 8.44. The molecule has 1 amide bonds. The van der Waals surface area contributed by atoms with Crippen molar-refractivity contribution in [2.75, 3.05) is 6.61 Å². The van der Waals surface area contributed by atoms with E-state index in [2.05, 4.69) is 10.5 Å². The highest BCUT2D eigenvalue weighted by molar-refractivity contribution is 6.33. The summed E-state index contributed by atoms with van der Waals surface area (Å²) in [6.07, 6.45) is 1.30. The van der Waals surface area contributed by atoms with Crippen LogP contribution in [0.25, 0.3) is 11.3 Å². The summed E-state index contributed by atoms with van der Waals surface area (Å²) < 4.78 is 10.9. The number of ether oxygens (including phenoxy) is 1. The third-order valence-electron chi connectivity index (χ3n) is 3.55. The van der Waals surface area contributed by atoms with Gasteiger partial charge in [0.05, 0.1) is 16.2 Å². The number of furan rings is 1. The van der Waals surface area contributed by atoms with Crippen molar-refractivity contribution in [3.8, 4) is 17.1 Å². The van der Waals surface area contributed by atoms with Crippen LogP contribution in [-0.2, 0) is 4.79 Å². The van der Waals surface area contributed by atoms with Crippen molar-refractivity contribution in [2.24, 2.45) is 5.10 Å². The molecule has 0 bridgehead atoms. The van der Waals surface area contributed by atoms with Crippen molar-refractivity contribution >= 4 is 29.4 Å². The number of halogens is 1. The predicted octanol–water partition coefficient (Wildman–Crippen LogP) is 4.04. The highest BCUT2D eigenvalue weighted by Gasteiger charge is 2.14. The lowest BCUT2D eigenvalue weighted by molar-refractivity contribution is -0.384. The Hall–Kier alpha value is -3.65. The van der Waals surface area contributed by atoms with Crippen molar-refractivity contribution in [2.45, 2.75) is 0 Å². The number of non-ortho nitro benzene ring substituents is 1. The third kappa shape index (κ3) is 4.95. The Morgan fingerprint density at radius 3 is 2.75 bits per heavy atom. The standard InChI is InChI=1S/C19H14ClN3O5/c20-17-8-6-13(23(25)26)10-16(17)18-9-7-15(28-18)11-21-22-19(24)12-27-14-4-2-1-3-5-14/h1-11H,12H2,(H,22,24). The van der Waals surface area contributed by atoms with Crippen LogP contribution in [0.1, 0.15) is 5.76 Å². The van der Waals surface area contributed by atoms with Gasteiger partial charge in [0, 0.05) is 17.7 Å². The van der Waals surface area contributed by atoms with E-state index in [4.69, 9.17) is 20.8 Å². The maximum Gasteiger partial charge on any atom is 0.277 e. The molecule has 9 heteroatoms. The molecule has 1 N–H and O–H groups in total. The number of carbonyl (C=O) groups excluding carboxylic acids is 1. The summed E-state index contributed by atoms with van der Waals surface area (Å²) in [5, 5.41) is 15.0. The maximum absolute atomic E-state index is 11.7. The maximum atomic E-state index is 11.7. The van der Waals surface area contributed by atoms with E-state index in [1.807, 2.05) is 6.07 Å². The van der Waals surface area contributed by atoms with Crippen molar-refractivity contribution in [1.29, 1.82) is 0 Å². The Balaban J connectivity index is 1.59. The number of nitro benzene ring substituents is 1. The van der Waals surface area contributed by atoms with Gasteiger partial charge < -0.3 is 9.15 Å². The van der Waals surface area contributed by atoms with Crippen LogP contribution in [0.3, 0.4) is 0 Å². The predicted molar refractivity (Wildman–Crippen MR) is 103 cm³/mol. The van der Waals surface area contributed by atoms with Gasteiger partial charge in [-0.15, -0.1) is 0 Å². The van der Waals surface area contributed by atoms with Gasteiger partial charge in [-0.3, -0.25) is 14.9 Å². The first-order valence-electron chi connectivity index (χ1n) is 8.07. The van der Waals surface area contributed by atoms with E-state index in [0.717, 1.165) is 0 Å². The average Bonchev–Trinajstić information content (AvgIpc) is 3.16.